The number of hydrogen-bond donors (Lipinski definition) is 1. The summed E-state index contributed by atoms with van der Waals surface area (Å²) in [5.74, 6) is 0.405. The van der Waals surface area contributed by atoms with E-state index in [0.717, 1.165) is 11.1 Å². The van der Waals surface area contributed by atoms with Crippen molar-refractivity contribution >= 4 is 15.8 Å². The third-order valence-electron chi connectivity index (χ3n) is 6.76. The molecular weight excluding hydrogens is 620 g/mol. The van der Waals surface area contributed by atoms with Gasteiger partial charge in [-0.1, -0.05) is 62.4 Å². The summed E-state index contributed by atoms with van der Waals surface area (Å²) in [6, 6.07) is 24.7. The second-order valence-corrected chi connectivity index (χ2v) is 12.0. The molecule has 0 aliphatic heterocycles. The van der Waals surface area contributed by atoms with Crippen LogP contribution >= 0.6 is 0 Å². The fraction of sp³-hybridized carbons (Fsp3) is 0.206. The van der Waals surface area contributed by atoms with Gasteiger partial charge in [-0.05, 0) is 47.4 Å². The van der Waals surface area contributed by atoms with Crippen LogP contribution < -0.4 is 18.9 Å². The summed E-state index contributed by atoms with van der Waals surface area (Å²) < 4.78 is 53.4. The Balaban J connectivity index is 1.56. The SMILES string of the molecule is COc1ccccc1Oc1c(NS(=O)(=O)c2ccc(C(C)C)cn2)nc(-c2ccnc(C#N)c2)nc1OCCOCc1ccccc1. The predicted molar refractivity (Wildman–Crippen MR) is 174 cm³/mol. The molecule has 0 atom stereocenters. The summed E-state index contributed by atoms with van der Waals surface area (Å²) >= 11 is 0. The number of pyridine rings is 2. The molecule has 0 unspecified atom stereocenters. The van der Waals surface area contributed by atoms with Crippen LogP contribution in [0.3, 0.4) is 0 Å². The molecule has 0 saturated carbocycles. The highest BCUT2D eigenvalue weighted by Crippen LogP contribution is 2.41. The highest BCUT2D eigenvalue weighted by Gasteiger charge is 2.26. The fourth-order valence-electron chi connectivity index (χ4n) is 4.30. The number of benzene rings is 2. The lowest BCUT2D eigenvalue weighted by atomic mass is 10.1. The normalized spacial score (nSPS) is 11.1. The Hall–Kier alpha value is -5.58. The molecule has 240 valence electrons. The first-order valence-electron chi connectivity index (χ1n) is 14.6. The first-order chi connectivity index (χ1) is 22.8. The zero-order valence-corrected chi connectivity index (χ0v) is 26.8. The van der Waals surface area contributed by atoms with Crippen molar-refractivity contribution in [2.75, 3.05) is 25.0 Å². The maximum absolute atomic E-state index is 13.7. The van der Waals surface area contributed by atoms with Crippen molar-refractivity contribution in [1.82, 2.24) is 19.9 Å². The van der Waals surface area contributed by atoms with Crippen molar-refractivity contribution in [2.24, 2.45) is 0 Å². The second kappa shape index (κ2) is 15.1. The number of ether oxygens (including phenoxy) is 4. The van der Waals surface area contributed by atoms with Gasteiger partial charge in [-0.3, -0.25) is 4.72 Å². The van der Waals surface area contributed by atoms with E-state index in [0.29, 0.717) is 17.9 Å². The third kappa shape index (κ3) is 8.37. The van der Waals surface area contributed by atoms with E-state index in [2.05, 4.69) is 24.7 Å². The molecule has 0 spiro atoms. The van der Waals surface area contributed by atoms with E-state index in [4.69, 9.17) is 18.9 Å². The molecule has 0 fully saturated rings. The summed E-state index contributed by atoms with van der Waals surface area (Å²) in [7, 11) is -2.80. The standard InChI is InChI=1S/C34H32N6O6S/c1-23(2)26-13-14-30(37-21-26)47(41,42)40-33-31(46-29-12-8-7-11-28(29)43-3)34(45-18-17-44-22-24-9-5-4-6-10-24)39-32(38-33)25-15-16-36-27(19-25)20-35/h4-16,19,21,23H,17-18,22H2,1-3H3,(H,38,39,40). The molecule has 0 radical (unpaired) electrons. The van der Waals surface area contributed by atoms with Crippen molar-refractivity contribution in [2.45, 2.75) is 31.4 Å². The summed E-state index contributed by atoms with van der Waals surface area (Å²) in [6.45, 7) is 4.56. The number of aromatic nitrogens is 4. The Kier molecular flexibility index (Phi) is 10.6. The number of sulfonamides is 1. The van der Waals surface area contributed by atoms with E-state index in [1.807, 2.05) is 50.2 Å². The van der Waals surface area contributed by atoms with Gasteiger partial charge >= 0.3 is 0 Å². The van der Waals surface area contributed by atoms with Crippen molar-refractivity contribution in [3.8, 4) is 40.6 Å². The lowest BCUT2D eigenvalue weighted by molar-refractivity contribution is 0.0866. The van der Waals surface area contributed by atoms with Crippen molar-refractivity contribution in [1.29, 1.82) is 5.26 Å². The number of anilines is 1. The molecule has 12 nitrogen and oxygen atoms in total. The quantitative estimate of drug-likeness (QED) is 0.138. The molecule has 3 aromatic heterocycles. The minimum atomic E-state index is -4.28. The van der Waals surface area contributed by atoms with Gasteiger partial charge in [0.2, 0.25) is 5.75 Å². The van der Waals surface area contributed by atoms with Gasteiger partial charge in [0.15, 0.2) is 28.2 Å². The summed E-state index contributed by atoms with van der Waals surface area (Å²) in [5.41, 5.74) is 2.39. The van der Waals surface area contributed by atoms with Gasteiger partial charge in [0.25, 0.3) is 15.9 Å². The topological polar surface area (TPSA) is 158 Å². The number of methoxy groups -OCH3 is 1. The van der Waals surface area contributed by atoms with Crippen LogP contribution in [0.4, 0.5) is 5.82 Å². The molecule has 0 aliphatic carbocycles. The summed E-state index contributed by atoms with van der Waals surface area (Å²) in [5, 5.41) is 9.21. The van der Waals surface area contributed by atoms with E-state index in [-0.39, 0.29) is 58.9 Å². The average Bonchev–Trinajstić information content (AvgIpc) is 3.09. The van der Waals surface area contributed by atoms with Crippen molar-refractivity contribution in [3.63, 3.8) is 0 Å². The Morgan fingerprint density at radius 1 is 0.915 bits per heavy atom. The van der Waals surface area contributed by atoms with E-state index in [1.54, 1.807) is 36.4 Å². The molecule has 5 rings (SSSR count). The number of nitrogens with one attached hydrogen (secondary N) is 1. The Morgan fingerprint density at radius 2 is 1.68 bits per heavy atom. The lowest BCUT2D eigenvalue weighted by Crippen LogP contribution is -2.18. The van der Waals surface area contributed by atoms with Gasteiger partial charge in [-0.2, -0.15) is 18.7 Å². The minimum absolute atomic E-state index is 0.0375. The van der Waals surface area contributed by atoms with Crippen LogP contribution in [-0.4, -0.2) is 48.7 Å². The van der Waals surface area contributed by atoms with Crippen LogP contribution in [0, 0.1) is 11.3 Å². The van der Waals surface area contributed by atoms with Crippen LogP contribution in [0.25, 0.3) is 11.4 Å². The maximum atomic E-state index is 13.7. The number of nitriles is 1. The van der Waals surface area contributed by atoms with Gasteiger partial charge in [0, 0.05) is 18.0 Å². The van der Waals surface area contributed by atoms with Gasteiger partial charge in [-0.25, -0.2) is 15.0 Å². The van der Waals surface area contributed by atoms with Gasteiger partial charge < -0.3 is 18.9 Å². The molecule has 1 N–H and O–H groups in total. The first kappa shape index (κ1) is 32.8. The summed E-state index contributed by atoms with van der Waals surface area (Å²) in [4.78, 5) is 17.3. The Morgan fingerprint density at radius 3 is 2.38 bits per heavy atom. The van der Waals surface area contributed by atoms with Gasteiger partial charge in [-0.15, -0.1) is 0 Å². The summed E-state index contributed by atoms with van der Waals surface area (Å²) in [6.07, 6.45) is 2.94. The van der Waals surface area contributed by atoms with Crippen LogP contribution in [0.2, 0.25) is 0 Å². The van der Waals surface area contributed by atoms with E-state index in [1.165, 1.54) is 31.6 Å². The third-order valence-corrected chi connectivity index (χ3v) is 8.01. The number of nitrogens with zero attached hydrogens (tertiary/aromatic N) is 5. The molecule has 2 aromatic carbocycles. The number of para-hydroxylation sites is 2. The van der Waals surface area contributed by atoms with Crippen LogP contribution in [0.15, 0.2) is 96.3 Å². The monoisotopic (exact) mass is 652 g/mol. The lowest BCUT2D eigenvalue weighted by Gasteiger charge is -2.18. The van der Waals surface area contributed by atoms with E-state index < -0.39 is 10.0 Å². The van der Waals surface area contributed by atoms with E-state index in [9.17, 15) is 13.7 Å². The predicted octanol–water partition coefficient (Wildman–Crippen LogP) is 6.13. The second-order valence-electron chi connectivity index (χ2n) is 10.4. The molecule has 0 aliphatic rings. The first-order valence-corrected chi connectivity index (χ1v) is 16.1. The largest absolute Gasteiger partial charge is 0.493 e. The zero-order valence-electron chi connectivity index (χ0n) is 26.0. The fourth-order valence-corrected chi connectivity index (χ4v) is 5.23. The van der Waals surface area contributed by atoms with Crippen LogP contribution in [0.5, 0.6) is 23.1 Å². The van der Waals surface area contributed by atoms with Crippen LogP contribution in [0.1, 0.15) is 36.6 Å². The number of hydrogen-bond acceptors (Lipinski definition) is 11. The van der Waals surface area contributed by atoms with Gasteiger partial charge in [0.1, 0.15) is 18.4 Å². The van der Waals surface area contributed by atoms with Crippen LogP contribution in [-0.2, 0) is 21.4 Å². The Bertz CT molecular complexity index is 1970. The molecule has 47 heavy (non-hydrogen) atoms. The zero-order chi connectivity index (χ0) is 33.2. The molecule has 0 amide bonds. The molecule has 0 bridgehead atoms. The molecule has 3 heterocycles. The number of rotatable bonds is 14. The molecule has 13 heteroatoms. The van der Waals surface area contributed by atoms with E-state index >= 15 is 0 Å². The highest BCUT2D eigenvalue weighted by atomic mass is 32.2. The highest BCUT2D eigenvalue weighted by molar-refractivity contribution is 7.92. The average molecular weight is 653 g/mol. The molecule has 0 saturated heterocycles. The smallest absolute Gasteiger partial charge is 0.280 e. The van der Waals surface area contributed by atoms with Gasteiger partial charge in [0.05, 0.1) is 20.3 Å². The Labute approximate surface area is 273 Å². The van der Waals surface area contributed by atoms with Crippen molar-refractivity contribution < 1.29 is 27.4 Å². The molecular formula is C34H32N6O6S. The maximum Gasteiger partial charge on any atom is 0.280 e. The molecule has 5 aromatic rings. The van der Waals surface area contributed by atoms with Crippen molar-refractivity contribution in [3.05, 3.63) is 108 Å². The minimum Gasteiger partial charge on any atom is -0.493 e.